The Morgan fingerprint density at radius 3 is 1.67 bits per heavy atom. The highest BCUT2D eigenvalue weighted by atomic mass is 16.6. The molecule has 0 aliphatic carbocycles. The Morgan fingerprint density at radius 2 is 1.58 bits per heavy atom. The van der Waals surface area contributed by atoms with Crippen LogP contribution in [-0.4, -0.2) is 52.9 Å². The zero-order chi connectivity index (χ0) is 8.65. The lowest BCUT2D eigenvalue weighted by atomic mass is 10.5. The lowest BCUT2D eigenvalue weighted by Gasteiger charge is -1.84. The van der Waals surface area contributed by atoms with E-state index in [1.54, 1.807) is 7.11 Å². The third kappa shape index (κ3) is 12.5. The first-order valence-electron chi connectivity index (χ1n) is 4.19. The summed E-state index contributed by atoms with van der Waals surface area (Å²) in [7, 11) is 1.68. The van der Waals surface area contributed by atoms with Crippen LogP contribution in [0.3, 0.4) is 0 Å². The molecule has 0 N–H and O–H groups in total. The largest absolute Gasteiger partial charge is 0.382 e. The molecule has 0 aromatic carbocycles. The maximum absolute atomic E-state index is 4.82. The van der Waals surface area contributed by atoms with Gasteiger partial charge in [-0.15, -0.1) is 0 Å². The Bertz CT molecular complexity index is 87.7. The number of hydrogen-bond donors (Lipinski definition) is 0. The average Bonchev–Trinajstić information content (AvgIpc) is 2.82. The molecule has 0 amide bonds. The van der Waals surface area contributed by atoms with Gasteiger partial charge in [0.15, 0.2) is 0 Å². The Morgan fingerprint density at radius 1 is 1.17 bits per heavy atom. The molecule has 72 valence electrons. The number of rotatable bonds is 2. The predicted octanol–water partition coefficient (Wildman–Crippen LogP) is 0.0648. The number of methoxy groups -OCH3 is 1. The molecule has 12 heavy (non-hydrogen) atoms. The van der Waals surface area contributed by atoms with Gasteiger partial charge in [0.1, 0.15) is 6.10 Å². The van der Waals surface area contributed by atoms with Crippen LogP contribution in [0.5, 0.6) is 0 Å². The summed E-state index contributed by atoms with van der Waals surface area (Å²) < 4.78 is 18.6. The summed E-state index contributed by atoms with van der Waals surface area (Å²) >= 11 is 0. The first-order valence-corrected chi connectivity index (χ1v) is 4.19. The van der Waals surface area contributed by atoms with Gasteiger partial charge in [0, 0.05) is 7.11 Å². The van der Waals surface area contributed by atoms with E-state index in [0.717, 1.165) is 39.6 Å². The van der Waals surface area contributed by atoms with Crippen LogP contribution in [0.15, 0.2) is 0 Å². The quantitative estimate of drug-likeness (QED) is 0.558. The van der Waals surface area contributed by atoms with Gasteiger partial charge in [0.25, 0.3) is 0 Å². The summed E-state index contributed by atoms with van der Waals surface area (Å²) in [5, 5.41) is 0. The van der Waals surface area contributed by atoms with Crippen molar-refractivity contribution in [3.05, 3.63) is 0 Å². The lowest BCUT2D eigenvalue weighted by Crippen LogP contribution is -1.94. The standard InChI is InChI=1S/C4H8O2.2C2H4O/c1-5-2-4-3-6-4;2*1-2-3-1/h4H,2-3H2,1H3;2*1-2H2. The molecule has 4 heteroatoms. The van der Waals surface area contributed by atoms with Crippen molar-refractivity contribution in [3.8, 4) is 0 Å². The van der Waals surface area contributed by atoms with E-state index < -0.39 is 0 Å². The minimum atomic E-state index is 0.426. The van der Waals surface area contributed by atoms with Crippen LogP contribution in [0.25, 0.3) is 0 Å². The summed E-state index contributed by atoms with van der Waals surface area (Å²) in [6, 6.07) is 0. The zero-order valence-electron chi connectivity index (χ0n) is 7.45. The van der Waals surface area contributed by atoms with E-state index in [1.165, 1.54) is 0 Å². The summed E-state index contributed by atoms with van der Waals surface area (Å²) in [4.78, 5) is 0. The van der Waals surface area contributed by atoms with E-state index >= 15 is 0 Å². The van der Waals surface area contributed by atoms with E-state index in [2.05, 4.69) is 9.47 Å². The van der Waals surface area contributed by atoms with Crippen LogP contribution in [0.2, 0.25) is 0 Å². The van der Waals surface area contributed by atoms with Crippen molar-refractivity contribution in [1.29, 1.82) is 0 Å². The Labute approximate surface area is 72.7 Å². The van der Waals surface area contributed by atoms with E-state index in [1.807, 2.05) is 0 Å². The average molecular weight is 176 g/mol. The van der Waals surface area contributed by atoms with Gasteiger partial charge in [-0.05, 0) is 0 Å². The van der Waals surface area contributed by atoms with E-state index in [-0.39, 0.29) is 0 Å². The fourth-order valence-corrected chi connectivity index (χ4v) is 0.350. The molecular formula is C8H16O4. The second-order valence-corrected chi connectivity index (χ2v) is 2.64. The minimum absolute atomic E-state index is 0.426. The smallest absolute Gasteiger partial charge is 0.104 e. The molecule has 0 radical (unpaired) electrons. The van der Waals surface area contributed by atoms with Crippen molar-refractivity contribution in [2.45, 2.75) is 6.10 Å². The van der Waals surface area contributed by atoms with Gasteiger partial charge in [-0.25, -0.2) is 0 Å². The van der Waals surface area contributed by atoms with Gasteiger partial charge < -0.3 is 18.9 Å². The topological polar surface area (TPSA) is 46.8 Å². The van der Waals surface area contributed by atoms with Crippen molar-refractivity contribution in [2.75, 3.05) is 46.8 Å². The first-order chi connectivity index (χ1) is 5.93. The molecule has 1 unspecified atom stereocenters. The molecular weight excluding hydrogens is 160 g/mol. The summed E-state index contributed by atoms with van der Waals surface area (Å²) in [5.74, 6) is 0. The normalized spacial score (nSPS) is 27.2. The van der Waals surface area contributed by atoms with Gasteiger partial charge in [0.2, 0.25) is 0 Å². The Kier molecular flexibility index (Phi) is 5.27. The summed E-state index contributed by atoms with van der Waals surface area (Å²) in [5.41, 5.74) is 0. The van der Waals surface area contributed by atoms with Gasteiger partial charge in [0.05, 0.1) is 39.6 Å². The van der Waals surface area contributed by atoms with Crippen LogP contribution in [0.4, 0.5) is 0 Å². The molecule has 1 atom stereocenters. The maximum atomic E-state index is 4.82. The Balaban J connectivity index is 0.0000001000. The van der Waals surface area contributed by atoms with Crippen molar-refractivity contribution in [2.24, 2.45) is 0 Å². The second kappa shape index (κ2) is 6.37. The molecule has 0 aromatic rings. The van der Waals surface area contributed by atoms with Gasteiger partial charge in [-0.3, -0.25) is 0 Å². The van der Waals surface area contributed by atoms with Crippen LogP contribution in [-0.2, 0) is 18.9 Å². The highest BCUT2D eigenvalue weighted by Gasteiger charge is 2.21. The monoisotopic (exact) mass is 176 g/mol. The van der Waals surface area contributed by atoms with E-state index in [9.17, 15) is 0 Å². The minimum Gasteiger partial charge on any atom is -0.382 e. The highest BCUT2D eigenvalue weighted by Crippen LogP contribution is 2.06. The molecule has 3 saturated heterocycles. The molecule has 3 aliphatic heterocycles. The van der Waals surface area contributed by atoms with E-state index in [0.29, 0.717) is 6.10 Å². The SMILES string of the molecule is C1CO1.C1CO1.COCC1CO1. The third-order valence-electron chi connectivity index (χ3n) is 1.16. The molecule has 4 nitrogen and oxygen atoms in total. The molecule has 3 aliphatic rings. The maximum Gasteiger partial charge on any atom is 0.104 e. The molecule has 0 bridgehead atoms. The predicted molar refractivity (Wildman–Crippen MR) is 43.3 cm³/mol. The molecule has 3 fully saturated rings. The molecule has 0 spiro atoms. The van der Waals surface area contributed by atoms with Crippen LogP contribution in [0, 0.1) is 0 Å². The van der Waals surface area contributed by atoms with E-state index in [4.69, 9.17) is 9.47 Å². The number of ether oxygens (including phenoxy) is 4. The second-order valence-electron chi connectivity index (χ2n) is 2.64. The van der Waals surface area contributed by atoms with Crippen molar-refractivity contribution in [1.82, 2.24) is 0 Å². The lowest BCUT2D eigenvalue weighted by molar-refractivity contribution is 0.171. The number of hydrogen-bond acceptors (Lipinski definition) is 4. The molecule has 0 aromatic heterocycles. The van der Waals surface area contributed by atoms with Gasteiger partial charge in [-0.1, -0.05) is 0 Å². The fourth-order valence-electron chi connectivity index (χ4n) is 0.350. The van der Waals surface area contributed by atoms with Gasteiger partial charge >= 0.3 is 0 Å². The van der Waals surface area contributed by atoms with Crippen LogP contribution in [0.1, 0.15) is 0 Å². The molecule has 3 rings (SSSR count). The Hall–Kier alpha value is -0.160. The molecule has 0 saturated carbocycles. The van der Waals surface area contributed by atoms with Crippen LogP contribution < -0.4 is 0 Å². The van der Waals surface area contributed by atoms with Crippen molar-refractivity contribution < 1.29 is 18.9 Å². The number of epoxide rings is 3. The summed E-state index contributed by atoms with van der Waals surface area (Å²) in [6.07, 6.45) is 0.426. The third-order valence-corrected chi connectivity index (χ3v) is 1.16. The zero-order valence-corrected chi connectivity index (χ0v) is 7.45. The van der Waals surface area contributed by atoms with Crippen molar-refractivity contribution in [3.63, 3.8) is 0 Å². The highest BCUT2D eigenvalue weighted by molar-refractivity contribution is 4.66. The van der Waals surface area contributed by atoms with Gasteiger partial charge in [-0.2, -0.15) is 0 Å². The summed E-state index contributed by atoms with van der Waals surface area (Å²) in [6.45, 7) is 5.66. The fraction of sp³-hybridized carbons (Fsp3) is 1.00. The van der Waals surface area contributed by atoms with Crippen LogP contribution >= 0.6 is 0 Å². The van der Waals surface area contributed by atoms with Crippen molar-refractivity contribution >= 4 is 0 Å². The molecule has 3 heterocycles. The first kappa shape index (κ1) is 9.92.